The molecule has 0 saturated heterocycles. The molecule has 1 heterocycles. The Balaban J connectivity index is 1.96. The van der Waals surface area contributed by atoms with Crippen molar-refractivity contribution in [2.75, 3.05) is 11.9 Å². The molecule has 1 aromatic carbocycles. The van der Waals surface area contributed by atoms with Crippen LogP contribution in [0.15, 0.2) is 18.2 Å². The van der Waals surface area contributed by atoms with Gasteiger partial charge in [-0.1, -0.05) is 23.2 Å². The zero-order valence-corrected chi connectivity index (χ0v) is 14.4. The number of carbonyl (C=O) groups is 2. The first-order valence-electron chi connectivity index (χ1n) is 6.83. The number of carbonyl (C=O) groups excluding carboxylic acids is 2. The third-order valence-electron chi connectivity index (χ3n) is 3.36. The SMILES string of the molecule is Cc1nn(C)c(C)c1NC(=O)CNC(=O)c1ccc(Cl)c(Cl)c1. The zero-order chi connectivity index (χ0) is 17.1. The number of rotatable bonds is 4. The van der Waals surface area contributed by atoms with E-state index < -0.39 is 5.91 Å². The Morgan fingerprint density at radius 3 is 2.48 bits per heavy atom. The quantitative estimate of drug-likeness (QED) is 0.886. The number of anilines is 1. The lowest BCUT2D eigenvalue weighted by molar-refractivity contribution is -0.115. The van der Waals surface area contributed by atoms with Crippen LogP contribution in [0.1, 0.15) is 21.7 Å². The fourth-order valence-electron chi connectivity index (χ4n) is 2.04. The van der Waals surface area contributed by atoms with Gasteiger partial charge in [0.2, 0.25) is 5.91 Å². The average molecular weight is 355 g/mol. The third kappa shape index (κ3) is 4.03. The molecule has 122 valence electrons. The van der Waals surface area contributed by atoms with E-state index in [4.69, 9.17) is 23.2 Å². The van der Waals surface area contributed by atoms with Gasteiger partial charge in [0.05, 0.1) is 33.7 Å². The Kier molecular flexibility index (Phi) is 5.28. The maximum absolute atomic E-state index is 12.0. The summed E-state index contributed by atoms with van der Waals surface area (Å²) in [5, 5.41) is 10.1. The van der Waals surface area contributed by atoms with E-state index in [1.165, 1.54) is 18.2 Å². The van der Waals surface area contributed by atoms with Gasteiger partial charge in [-0.3, -0.25) is 14.3 Å². The summed E-state index contributed by atoms with van der Waals surface area (Å²) in [6.07, 6.45) is 0. The molecule has 8 heteroatoms. The second-order valence-corrected chi connectivity index (χ2v) is 5.84. The lowest BCUT2D eigenvalue weighted by atomic mass is 10.2. The lowest BCUT2D eigenvalue weighted by Crippen LogP contribution is -2.33. The first-order valence-corrected chi connectivity index (χ1v) is 7.58. The first-order chi connectivity index (χ1) is 10.8. The summed E-state index contributed by atoms with van der Waals surface area (Å²) in [5.41, 5.74) is 2.54. The van der Waals surface area contributed by atoms with Crippen molar-refractivity contribution in [3.63, 3.8) is 0 Å². The smallest absolute Gasteiger partial charge is 0.251 e. The molecule has 0 radical (unpaired) electrons. The normalized spacial score (nSPS) is 10.5. The summed E-state index contributed by atoms with van der Waals surface area (Å²) in [7, 11) is 1.80. The van der Waals surface area contributed by atoms with Crippen molar-refractivity contribution in [1.29, 1.82) is 0 Å². The van der Waals surface area contributed by atoms with Crippen LogP contribution in [0.25, 0.3) is 0 Å². The van der Waals surface area contributed by atoms with Gasteiger partial charge in [-0.25, -0.2) is 0 Å². The number of aromatic nitrogens is 2. The average Bonchev–Trinajstić information content (AvgIpc) is 2.74. The molecule has 1 aromatic heterocycles. The fourth-order valence-corrected chi connectivity index (χ4v) is 2.34. The molecule has 0 fully saturated rings. The van der Waals surface area contributed by atoms with Gasteiger partial charge in [-0.05, 0) is 32.0 Å². The van der Waals surface area contributed by atoms with Crippen LogP contribution in [0.5, 0.6) is 0 Å². The largest absolute Gasteiger partial charge is 0.343 e. The number of hydrogen-bond acceptors (Lipinski definition) is 3. The highest BCUT2D eigenvalue weighted by molar-refractivity contribution is 6.42. The molecule has 0 bridgehead atoms. The van der Waals surface area contributed by atoms with Crippen LogP contribution in [0, 0.1) is 13.8 Å². The van der Waals surface area contributed by atoms with Gasteiger partial charge < -0.3 is 10.6 Å². The van der Waals surface area contributed by atoms with Crippen LogP contribution >= 0.6 is 23.2 Å². The number of halogens is 2. The predicted molar refractivity (Wildman–Crippen MR) is 90.1 cm³/mol. The first kappa shape index (κ1) is 17.3. The van der Waals surface area contributed by atoms with Crippen LogP contribution in [0.3, 0.4) is 0 Å². The summed E-state index contributed by atoms with van der Waals surface area (Å²) in [6, 6.07) is 4.52. The van der Waals surface area contributed by atoms with Crippen molar-refractivity contribution in [2.45, 2.75) is 13.8 Å². The zero-order valence-electron chi connectivity index (χ0n) is 12.9. The topological polar surface area (TPSA) is 76.0 Å². The number of nitrogens with one attached hydrogen (secondary N) is 2. The Morgan fingerprint density at radius 1 is 1.22 bits per heavy atom. The molecule has 0 saturated carbocycles. The molecule has 0 spiro atoms. The van der Waals surface area contributed by atoms with Gasteiger partial charge >= 0.3 is 0 Å². The number of amides is 2. The Hall–Kier alpha value is -2.05. The maximum atomic E-state index is 12.0. The van der Waals surface area contributed by atoms with Crippen molar-refractivity contribution in [1.82, 2.24) is 15.1 Å². The molecule has 0 aliphatic carbocycles. The molecule has 2 aromatic rings. The van der Waals surface area contributed by atoms with Crippen LogP contribution in [0.4, 0.5) is 5.69 Å². The predicted octanol–water partition coefficient (Wildman–Crippen LogP) is 2.71. The Bertz CT molecular complexity index is 771. The second-order valence-electron chi connectivity index (χ2n) is 5.03. The highest BCUT2D eigenvalue weighted by Gasteiger charge is 2.14. The van der Waals surface area contributed by atoms with Crippen molar-refractivity contribution < 1.29 is 9.59 Å². The molecule has 2 amide bonds. The van der Waals surface area contributed by atoms with E-state index in [1.54, 1.807) is 18.7 Å². The summed E-state index contributed by atoms with van der Waals surface area (Å²) in [6.45, 7) is 3.49. The van der Waals surface area contributed by atoms with Crippen LogP contribution in [-0.4, -0.2) is 28.1 Å². The third-order valence-corrected chi connectivity index (χ3v) is 4.10. The van der Waals surface area contributed by atoms with Crippen molar-refractivity contribution in [2.24, 2.45) is 7.05 Å². The highest BCUT2D eigenvalue weighted by Crippen LogP contribution is 2.22. The van der Waals surface area contributed by atoms with Crippen molar-refractivity contribution in [3.8, 4) is 0 Å². The van der Waals surface area contributed by atoms with E-state index >= 15 is 0 Å². The van der Waals surface area contributed by atoms with Gasteiger partial charge in [0, 0.05) is 12.6 Å². The molecule has 23 heavy (non-hydrogen) atoms. The molecule has 2 N–H and O–H groups in total. The molecule has 0 unspecified atom stereocenters. The molecule has 0 aliphatic heterocycles. The molecule has 0 aliphatic rings. The molecular weight excluding hydrogens is 339 g/mol. The molecule has 0 atom stereocenters. The molecule has 2 rings (SSSR count). The summed E-state index contributed by atoms with van der Waals surface area (Å²) >= 11 is 11.7. The fraction of sp³-hybridized carbons (Fsp3) is 0.267. The Labute approximate surface area is 143 Å². The number of hydrogen-bond donors (Lipinski definition) is 2. The van der Waals surface area contributed by atoms with Gasteiger partial charge in [0.25, 0.3) is 5.91 Å². The van der Waals surface area contributed by atoms with Gasteiger partial charge in [-0.2, -0.15) is 5.10 Å². The molecular formula is C15H16Cl2N4O2. The van der Waals surface area contributed by atoms with E-state index in [2.05, 4.69) is 15.7 Å². The number of nitrogens with zero attached hydrogens (tertiary/aromatic N) is 2. The summed E-state index contributed by atoms with van der Waals surface area (Å²) < 4.78 is 1.68. The molecule has 6 nitrogen and oxygen atoms in total. The van der Waals surface area contributed by atoms with Crippen LogP contribution in [0.2, 0.25) is 10.0 Å². The number of aryl methyl sites for hydroxylation is 2. The van der Waals surface area contributed by atoms with E-state index in [9.17, 15) is 9.59 Å². The second kappa shape index (κ2) is 7.02. The number of benzene rings is 1. The standard InChI is InChI=1S/C15H16Cl2N4O2/c1-8-14(9(2)21(3)20-8)19-13(22)7-18-15(23)10-4-5-11(16)12(17)6-10/h4-6H,7H2,1-3H3,(H,18,23)(H,19,22). The van der Waals surface area contributed by atoms with Gasteiger partial charge in [0.15, 0.2) is 0 Å². The van der Waals surface area contributed by atoms with Crippen LogP contribution < -0.4 is 10.6 Å². The minimum Gasteiger partial charge on any atom is -0.343 e. The Morgan fingerprint density at radius 2 is 1.91 bits per heavy atom. The van der Waals surface area contributed by atoms with Crippen LogP contribution in [-0.2, 0) is 11.8 Å². The monoisotopic (exact) mass is 354 g/mol. The van der Waals surface area contributed by atoms with E-state index in [0.717, 1.165) is 5.69 Å². The van der Waals surface area contributed by atoms with Gasteiger partial charge in [-0.15, -0.1) is 0 Å². The summed E-state index contributed by atoms with van der Waals surface area (Å²) in [5.74, 6) is -0.740. The van der Waals surface area contributed by atoms with E-state index in [-0.39, 0.29) is 17.5 Å². The summed E-state index contributed by atoms with van der Waals surface area (Å²) in [4.78, 5) is 24.0. The highest BCUT2D eigenvalue weighted by atomic mass is 35.5. The lowest BCUT2D eigenvalue weighted by Gasteiger charge is -2.08. The minimum absolute atomic E-state index is 0.160. The van der Waals surface area contributed by atoms with Crippen molar-refractivity contribution in [3.05, 3.63) is 45.2 Å². The van der Waals surface area contributed by atoms with Gasteiger partial charge in [0.1, 0.15) is 0 Å². The van der Waals surface area contributed by atoms with E-state index in [0.29, 0.717) is 22.0 Å². The maximum Gasteiger partial charge on any atom is 0.251 e. The van der Waals surface area contributed by atoms with Crippen molar-refractivity contribution >= 4 is 40.7 Å². The van der Waals surface area contributed by atoms with E-state index in [1.807, 2.05) is 6.92 Å². The minimum atomic E-state index is -0.404.